The van der Waals surface area contributed by atoms with Crippen molar-refractivity contribution < 1.29 is 23.8 Å². The van der Waals surface area contributed by atoms with Crippen LogP contribution in [0.3, 0.4) is 0 Å². The number of aliphatic hydroxyl groups is 1. The van der Waals surface area contributed by atoms with E-state index in [0.717, 1.165) is 0 Å². The number of aromatic amines is 1. The Morgan fingerprint density at radius 1 is 1.28 bits per heavy atom. The van der Waals surface area contributed by atoms with Crippen molar-refractivity contribution in [3.63, 3.8) is 0 Å². The van der Waals surface area contributed by atoms with Crippen molar-refractivity contribution in [1.82, 2.24) is 30.4 Å². The van der Waals surface area contributed by atoms with E-state index in [2.05, 4.69) is 25.5 Å². The fourth-order valence-corrected chi connectivity index (χ4v) is 3.32. The Hall–Kier alpha value is -3.70. The summed E-state index contributed by atoms with van der Waals surface area (Å²) < 4.78 is 18.6. The van der Waals surface area contributed by atoms with Gasteiger partial charge in [0.25, 0.3) is 11.8 Å². The lowest BCUT2D eigenvalue weighted by Crippen LogP contribution is -2.53. The molecule has 0 aliphatic carbocycles. The lowest BCUT2D eigenvalue weighted by Gasteiger charge is -2.30. The molecule has 3 N–H and O–H groups in total. The number of carbonyl (C=O) groups excluding carboxylic acids is 2. The minimum Gasteiger partial charge on any atom is -0.384 e. The molecule has 2 aromatic heterocycles. The summed E-state index contributed by atoms with van der Waals surface area (Å²) in [5, 5.41) is 20.4. The van der Waals surface area contributed by atoms with Crippen LogP contribution in [-0.2, 0) is 4.74 Å². The number of amides is 2. The third kappa shape index (κ3) is 4.95. The third-order valence-corrected chi connectivity index (χ3v) is 4.97. The fourth-order valence-electron chi connectivity index (χ4n) is 3.32. The van der Waals surface area contributed by atoms with Crippen LogP contribution < -0.4 is 5.32 Å². The molecule has 2 amide bonds. The highest BCUT2D eigenvalue weighted by Gasteiger charge is 2.35. The number of nitrogens with one attached hydrogen (secondary N) is 2. The van der Waals surface area contributed by atoms with Crippen LogP contribution in [0, 0.1) is 5.82 Å². The predicted molar refractivity (Wildman–Crippen MR) is 110 cm³/mol. The van der Waals surface area contributed by atoms with Crippen LogP contribution in [-0.4, -0.2) is 80.4 Å². The van der Waals surface area contributed by atoms with Crippen LogP contribution in [0.4, 0.5) is 4.39 Å². The van der Waals surface area contributed by atoms with E-state index in [9.17, 15) is 19.1 Å². The van der Waals surface area contributed by atoms with Crippen LogP contribution >= 0.6 is 0 Å². The van der Waals surface area contributed by atoms with Crippen LogP contribution in [0.1, 0.15) is 21.0 Å². The number of hydrogen-bond acceptors (Lipinski definition) is 7. The van der Waals surface area contributed by atoms with Gasteiger partial charge >= 0.3 is 0 Å². The number of ether oxygens (including phenoxy) is 1. The molecular formula is C21H21FN6O4. The van der Waals surface area contributed by atoms with E-state index in [-0.39, 0.29) is 56.0 Å². The van der Waals surface area contributed by atoms with Gasteiger partial charge in [-0.1, -0.05) is 0 Å². The summed E-state index contributed by atoms with van der Waals surface area (Å²) in [6.07, 6.45) is 4.16. The summed E-state index contributed by atoms with van der Waals surface area (Å²) in [5.41, 5.74) is -0.0133. The Morgan fingerprint density at radius 2 is 2.09 bits per heavy atom. The molecule has 3 aromatic rings. The molecule has 1 fully saturated rings. The van der Waals surface area contributed by atoms with Crippen molar-refractivity contribution in [2.24, 2.45) is 0 Å². The minimum atomic E-state index is -1.50. The second-order valence-electron chi connectivity index (χ2n) is 7.45. The average molecular weight is 440 g/mol. The van der Waals surface area contributed by atoms with Gasteiger partial charge in [-0.15, -0.1) is 0 Å². The number of hydrogen-bond donors (Lipinski definition) is 3. The zero-order valence-corrected chi connectivity index (χ0v) is 17.0. The number of halogens is 1. The molecule has 0 saturated carbocycles. The van der Waals surface area contributed by atoms with Gasteiger partial charge in [-0.05, 0) is 30.3 Å². The summed E-state index contributed by atoms with van der Waals surface area (Å²) in [4.78, 5) is 34.4. The first-order chi connectivity index (χ1) is 15.4. The quantitative estimate of drug-likeness (QED) is 0.530. The van der Waals surface area contributed by atoms with E-state index in [1.54, 1.807) is 18.2 Å². The molecule has 166 valence electrons. The van der Waals surface area contributed by atoms with E-state index in [1.807, 2.05) is 0 Å². The van der Waals surface area contributed by atoms with Crippen LogP contribution in [0.15, 0.2) is 48.9 Å². The highest BCUT2D eigenvalue weighted by Crippen LogP contribution is 2.20. The van der Waals surface area contributed by atoms with Gasteiger partial charge in [0.15, 0.2) is 0 Å². The number of aromatic nitrogens is 4. The van der Waals surface area contributed by atoms with Crippen molar-refractivity contribution >= 4 is 11.8 Å². The van der Waals surface area contributed by atoms with Crippen LogP contribution in [0.5, 0.6) is 0 Å². The van der Waals surface area contributed by atoms with Crippen LogP contribution in [0.2, 0.25) is 0 Å². The summed E-state index contributed by atoms with van der Waals surface area (Å²) in [6.45, 7) is 0.226. The normalized spacial score (nSPS) is 18.8. The molecule has 1 saturated heterocycles. The second-order valence-corrected chi connectivity index (χ2v) is 7.45. The van der Waals surface area contributed by atoms with Gasteiger partial charge in [0, 0.05) is 24.5 Å². The maximum absolute atomic E-state index is 13.1. The van der Waals surface area contributed by atoms with Crippen molar-refractivity contribution in [3.05, 3.63) is 66.1 Å². The van der Waals surface area contributed by atoms with E-state index >= 15 is 0 Å². The van der Waals surface area contributed by atoms with Gasteiger partial charge in [0.1, 0.15) is 22.8 Å². The third-order valence-electron chi connectivity index (χ3n) is 4.97. The van der Waals surface area contributed by atoms with Gasteiger partial charge in [-0.25, -0.2) is 9.37 Å². The molecule has 1 aliphatic heterocycles. The molecule has 32 heavy (non-hydrogen) atoms. The Bertz CT molecular complexity index is 1090. The van der Waals surface area contributed by atoms with Crippen molar-refractivity contribution in [1.29, 1.82) is 0 Å². The first-order valence-electron chi connectivity index (χ1n) is 9.88. The number of β-amino-alcohol motifs (C(OH)–C–C–N with tert-alkyl or cyclic N) is 1. The SMILES string of the molecule is O=C(NCC1(O)COCCN(C(=O)c2cc(-c3ccc(F)cc3)n[nH]2)C1)c1cnccn1. The molecule has 10 nitrogen and oxygen atoms in total. The minimum absolute atomic E-state index is 0.0542. The molecule has 0 spiro atoms. The molecule has 0 bridgehead atoms. The molecule has 3 heterocycles. The number of rotatable bonds is 5. The summed E-state index contributed by atoms with van der Waals surface area (Å²) in [6, 6.07) is 7.33. The molecule has 1 unspecified atom stereocenters. The highest BCUT2D eigenvalue weighted by molar-refractivity contribution is 5.93. The molecule has 4 rings (SSSR count). The molecule has 0 radical (unpaired) electrons. The predicted octanol–water partition coefficient (Wildman–Crippen LogP) is 0.639. The highest BCUT2D eigenvalue weighted by atomic mass is 19.1. The molecule has 1 atom stereocenters. The molecule has 1 aliphatic rings. The monoisotopic (exact) mass is 440 g/mol. The Balaban J connectivity index is 1.43. The fraction of sp³-hybridized carbons (Fsp3) is 0.286. The van der Waals surface area contributed by atoms with Gasteiger partial charge in [0.05, 0.1) is 38.2 Å². The Labute approximate surface area is 182 Å². The van der Waals surface area contributed by atoms with Gasteiger partial charge in [-0.3, -0.25) is 19.7 Å². The topological polar surface area (TPSA) is 133 Å². The first kappa shape index (κ1) is 21.5. The smallest absolute Gasteiger partial charge is 0.272 e. The van der Waals surface area contributed by atoms with E-state index < -0.39 is 11.5 Å². The maximum atomic E-state index is 13.1. The summed E-state index contributed by atoms with van der Waals surface area (Å²) in [7, 11) is 0. The molecule has 11 heteroatoms. The van der Waals surface area contributed by atoms with Gasteiger partial charge < -0.3 is 20.1 Å². The number of H-pyrrole nitrogens is 1. The van der Waals surface area contributed by atoms with Gasteiger partial charge in [0.2, 0.25) is 0 Å². The Morgan fingerprint density at radius 3 is 2.84 bits per heavy atom. The first-order valence-corrected chi connectivity index (χ1v) is 9.88. The van der Waals surface area contributed by atoms with E-state index in [1.165, 1.54) is 35.6 Å². The zero-order valence-electron chi connectivity index (χ0n) is 17.0. The van der Waals surface area contributed by atoms with Crippen molar-refractivity contribution in [2.45, 2.75) is 5.60 Å². The second kappa shape index (κ2) is 9.20. The summed E-state index contributed by atoms with van der Waals surface area (Å²) >= 11 is 0. The van der Waals surface area contributed by atoms with Crippen molar-refractivity contribution in [3.8, 4) is 11.3 Å². The lowest BCUT2D eigenvalue weighted by molar-refractivity contribution is -0.0324. The Kier molecular flexibility index (Phi) is 6.19. The van der Waals surface area contributed by atoms with E-state index in [4.69, 9.17) is 4.74 Å². The van der Waals surface area contributed by atoms with Crippen LogP contribution in [0.25, 0.3) is 11.3 Å². The maximum Gasteiger partial charge on any atom is 0.272 e. The molecule has 1 aromatic carbocycles. The zero-order chi connectivity index (χ0) is 22.6. The lowest BCUT2D eigenvalue weighted by atomic mass is 10.0. The van der Waals surface area contributed by atoms with Crippen molar-refractivity contribution in [2.75, 3.05) is 32.8 Å². The standard InChI is InChI=1S/C21H21FN6O4/c22-15-3-1-14(2-4-15)16-9-17(27-26-16)20(30)28-7-8-32-13-21(31,12-28)11-25-19(29)18-10-23-5-6-24-18/h1-6,9-10,31H,7-8,11-13H2,(H,25,29)(H,26,27). The average Bonchev–Trinajstić information content (AvgIpc) is 3.22. The number of benzene rings is 1. The van der Waals surface area contributed by atoms with E-state index in [0.29, 0.717) is 11.3 Å². The molecular weight excluding hydrogens is 419 g/mol. The summed E-state index contributed by atoms with van der Waals surface area (Å²) in [5.74, 6) is -1.24. The number of nitrogens with zero attached hydrogens (tertiary/aromatic N) is 4. The number of carbonyl (C=O) groups is 2. The van der Waals surface area contributed by atoms with Gasteiger partial charge in [-0.2, -0.15) is 5.10 Å². The largest absolute Gasteiger partial charge is 0.384 e.